The molecule has 3 aromatic rings. The number of amides is 1. The molecule has 4 rings (SSSR count). The predicted octanol–water partition coefficient (Wildman–Crippen LogP) is 2.37. The number of hydrogen-bond acceptors (Lipinski definition) is 5. The Kier molecular flexibility index (Phi) is 4.27. The van der Waals surface area contributed by atoms with Crippen molar-refractivity contribution in [3.8, 4) is 17.3 Å². The number of ether oxygens (including phenoxy) is 2. The van der Waals surface area contributed by atoms with Crippen molar-refractivity contribution in [1.29, 1.82) is 0 Å². The van der Waals surface area contributed by atoms with E-state index in [1.165, 1.54) is 0 Å². The van der Waals surface area contributed by atoms with Gasteiger partial charge in [-0.2, -0.15) is 5.10 Å². The molecule has 2 heterocycles. The summed E-state index contributed by atoms with van der Waals surface area (Å²) < 4.78 is 12.8. The number of primary amides is 1. The van der Waals surface area contributed by atoms with Gasteiger partial charge in [0, 0.05) is 0 Å². The molecule has 1 amide bonds. The number of aryl methyl sites for hydroxylation is 1. The van der Waals surface area contributed by atoms with Crippen molar-refractivity contribution in [3.05, 3.63) is 82.9 Å². The fourth-order valence-corrected chi connectivity index (χ4v) is 3.53. The summed E-state index contributed by atoms with van der Waals surface area (Å²) in [5.41, 5.74) is 15.2. The molecule has 0 bridgehead atoms. The molecule has 1 aliphatic heterocycles. The summed E-state index contributed by atoms with van der Waals surface area (Å²) in [7, 11) is 1.60. The van der Waals surface area contributed by atoms with E-state index in [0.29, 0.717) is 11.6 Å². The van der Waals surface area contributed by atoms with Gasteiger partial charge in [0.05, 0.1) is 35.5 Å². The van der Waals surface area contributed by atoms with Crippen LogP contribution in [-0.2, 0) is 4.79 Å². The Morgan fingerprint density at radius 3 is 2.43 bits per heavy atom. The summed E-state index contributed by atoms with van der Waals surface area (Å²) in [5.74, 6) is 0.0654. The van der Waals surface area contributed by atoms with Gasteiger partial charge in [0.15, 0.2) is 0 Å². The third-order valence-corrected chi connectivity index (χ3v) is 4.83. The van der Waals surface area contributed by atoms with Crippen LogP contribution in [0.15, 0.2) is 66.1 Å². The molecule has 0 aliphatic carbocycles. The van der Waals surface area contributed by atoms with Crippen LogP contribution >= 0.6 is 0 Å². The van der Waals surface area contributed by atoms with Gasteiger partial charge < -0.3 is 20.9 Å². The van der Waals surface area contributed by atoms with Crippen molar-refractivity contribution >= 4 is 5.91 Å². The van der Waals surface area contributed by atoms with Crippen molar-refractivity contribution in [3.63, 3.8) is 0 Å². The Morgan fingerprint density at radius 2 is 1.82 bits per heavy atom. The summed E-state index contributed by atoms with van der Waals surface area (Å²) >= 11 is 0. The molecule has 2 aromatic carbocycles. The van der Waals surface area contributed by atoms with Gasteiger partial charge in [-0.1, -0.05) is 30.3 Å². The lowest BCUT2D eigenvalue weighted by Crippen LogP contribution is -2.30. The molecule has 7 nitrogen and oxygen atoms in total. The average Bonchev–Trinajstić information content (AvgIpc) is 3.03. The van der Waals surface area contributed by atoms with Crippen LogP contribution in [0.4, 0.5) is 0 Å². The highest BCUT2D eigenvalue weighted by Gasteiger charge is 2.38. The molecule has 0 saturated carbocycles. The van der Waals surface area contributed by atoms with E-state index < -0.39 is 11.8 Å². The molecular weight excluding hydrogens is 356 g/mol. The molecule has 142 valence electrons. The molecule has 1 aromatic heterocycles. The molecule has 0 spiro atoms. The first-order chi connectivity index (χ1) is 13.5. The average molecular weight is 376 g/mol. The highest BCUT2D eigenvalue weighted by molar-refractivity contribution is 5.95. The van der Waals surface area contributed by atoms with Crippen LogP contribution in [0.2, 0.25) is 0 Å². The van der Waals surface area contributed by atoms with E-state index in [1.807, 2.05) is 61.5 Å². The molecular formula is C21H20N4O3. The highest BCUT2D eigenvalue weighted by atomic mass is 16.5. The van der Waals surface area contributed by atoms with Gasteiger partial charge >= 0.3 is 0 Å². The number of carbonyl (C=O) groups excluding carboxylic acids is 1. The quantitative estimate of drug-likeness (QED) is 0.727. The van der Waals surface area contributed by atoms with E-state index in [-0.39, 0.29) is 11.5 Å². The lowest BCUT2D eigenvalue weighted by atomic mass is 9.83. The van der Waals surface area contributed by atoms with Crippen molar-refractivity contribution in [1.82, 2.24) is 9.78 Å². The topological polar surface area (TPSA) is 105 Å². The maximum Gasteiger partial charge on any atom is 0.250 e. The fraction of sp³-hybridized carbons (Fsp3) is 0.143. The van der Waals surface area contributed by atoms with E-state index in [1.54, 1.807) is 11.8 Å². The number of aromatic nitrogens is 2. The van der Waals surface area contributed by atoms with Gasteiger partial charge in [-0.25, -0.2) is 4.68 Å². The Bertz CT molecular complexity index is 1070. The zero-order valence-electron chi connectivity index (χ0n) is 15.5. The van der Waals surface area contributed by atoms with Gasteiger partial charge in [-0.15, -0.1) is 0 Å². The van der Waals surface area contributed by atoms with Gasteiger partial charge in [0.25, 0.3) is 5.91 Å². The smallest absolute Gasteiger partial charge is 0.250 e. The third kappa shape index (κ3) is 2.77. The Balaban J connectivity index is 1.94. The summed E-state index contributed by atoms with van der Waals surface area (Å²) in [4.78, 5) is 12.2. The largest absolute Gasteiger partial charge is 0.497 e. The van der Waals surface area contributed by atoms with E-state index in [4.69, 9.17) is 20.9 Å². The van der Waals surface area contributed by atoms with E-state index >= 15 is 0 Å². The molecule has 4 N–H and O–H groups in total. The van der Waals surface area contributed by atoms with Gasteiger partial charge in [0.1, 0.15) is 5.75 Å². The molecule has 7 heteroatoms. The molecule has 0 fully saturated rings. The maximum atomic E-state index is 12.2. The second-order valence-electron chi connectivity index (χ2n) is 6.50. The van der Waals surface area contributed by atoms with Crippen LogP contribution in [0.3, 0.4) is 0 Å². The number of benzene rings is 2. The van der Waals surface area contributed by atoms with Crippen LogP contribution in [0.1, 0.15) is 22.7 Å². The summed E-state index contributed by atoms with van der Waals surface area (Å²) in [6.07, 6.45) is 0. The van der Waals surface area contributed by atoms with Crippen molar-refractivity contribution in [2.45, 2.75) is 12.8 Å². The van der Waals surface area contributed by atoms with Crippen LogP contribution in [-0.4, -0.2) is 22.8 Å². The Hall–Kier alpha value is -3.74. The SMILES string of the molecule is COc1ccc(C2C(C(N)=O)=C(N)Oc3c2c(C)nn3-c2ccccc2)cc1. The van der Waals surface area contributed by atoms with Gasteiger partial charge in [-0.05, 0) is 36.8 Å². The molecule has 0 saturated heterocycles. The molecule has 0 radical (unpaired) electrons. The highest BCUT2D eigenvalue weighted by Crippen LogP contribution is 2.44. The number of carbonyl (C=O) groups is 1. The van der Waals surface area contributed by atoms with E-state index in [9.17, 15) is 4.79 Å². The third-order valence-electron chi connectivity index (χ3n) is 4.83. The number of nitrogens with zero attached hydrogens (tertiary/aromatic N) is 2. The van der Waals surface area contributed by atoms with Crippen molar-refractivity contribution < 1.29 is 14.3 Å². The van der Waals surface area contributed by atoms with E-state index in [2.05, 4.69) is 5.10 Å². The fourth-order valence-electron chi connectivity index (χ4n) is 3.53. The Labute approximate surface area is 162 Å². The monoisotopic (exact) mass is 376 g/mol. The normalized spacial score (nSPS) is 15.7. The standard InChI is InChI=1S/C21H20N4O3/c1-12-16-17(13-8-10-15(27-2)11-9-13)18(19(22)26)20(23)28-21(16)25(24-12)14-6-4-3-5-7-14/h3-11,17H,23H2,1-2H3,(H2,22,26). The predicted molar refractivity (Wildman–Crippen MR) is 104 cm³/mol. The zero-order valence-corrected chi connectivity index (χ0v) is 15.5. The summed E-state index contributed by atoms with van der Waals surface area (Å²) in [6, 6.07) is 17.0. The number of para-hydroxylation sites is 1. The minimum atomic E-state index is -0.629. The molecule has 1 atom stereocenters. The minimum Gasteiger partial charge on any atom is -0.497 e. The Morgan fingerprint density at radius 1 is 1.14 bits per heavy atom. The van der Waals surface area contributed by atoms with Crippen molar-refractivity contribution in [2.75, 3.05) is 7.11 Å². The van der Waals surface area contributed by atoms with Crippen molar-refractivity contribution in [2.24, 2.45) is 11.5 Å². The van der Waals surface area contributed by atoms with Crippen LogP contribution in [0.25, 0.3) is 5.69 Å². The van der Waals surface area contributed by atoms with Gasteiger partial charge in [0.2, 0.25) is 11.8 Å². The van der Waals surface area contributed by atoms with E-state index in [0.717, 1.165) is 22.5 Å². The molecule has 1 aliphatic rings. The number of nitrogens with two attached hydrogens (primary N) is 2. The lowest BCUT2D eigenvalue weighted by Gasteiger charge is -2.26. The first kappa shape index (κ1) is 17.7. The van der Waals surface area contributed by atoms with Crippen LogP contribution in [0.5, 0.6) is 11.6 Å². The second-order valence-corrected chi connectivity index (χ2v) is 6.50. The number of methoxy groups -OCH3 is 1. The zero-order chi connectivity index (χ0) is 19.8. The molecule has 28 heavy (non-hydrogen) atoms. The number of fused-ring (bicyclic) bond motifs is 1. The first-order valence-corrected chi connectivity index (χ1v) is 8.77. The lowest BCUT2D eigenvalue weighted by molar-refractivity contribution is -0.115. The van der Waals surface area contributed by atoms with Gasteiger partial charge in [-0.3, -0.25) is 4.79 Å². The number of hydrogen-bond donors (Lipinski definition) is 2. The summed E-state index contributed by atoms with van der Waals surface area (Å²) in [5, 5.41) is 4.63. The molecule has 1 unspecified atom stereocenters. The summed E-state index contributed by atoms with van der Waals surface area (Å²) in [6.45, 7) is 1.87. The number of rotatable bonds is 4. The first-order valence-electron chi connectivity index (χ1n) is 8.77. The maximum absolute atomic E-state index is 12.2. The van der Waals surface area contributed by atoms with Crippen LogP contribution in [0, 0.1) is 6.92 Å². The van der Waals surface area contributed by atoms with Crippen LogP contribution < -0.4 is 20.9 Å². The second kappa shape index (κ2) is 6.77. The minimum absolute atomic E-state index is 0.0158.